The molecule has 1 aromatic rings. The normalized spacial score (nSPS) is 19.1. The Kier molecular flexibility index (Phi) is 4.05. The summed E-state index contributed by atoms with van der Waals surface area (Å²) in [6.45, 7) is 5.35. The molecule has 1 fully saturated rings. The third-order valence-corrected chi connectivity index (χ3v) is 3.60. The second kappa shape index (κ2) is 5.53. The minimum atomic E-state index is 0.514. The molecule has 0 aromatic carbocycles. The van der Waals surface area contributed by atoms with Crippen molar-refractivity contribution in [1.29, 1.82) is 0 Å². The van der Waals surface area contributed by atoms with Gasteiger partial charge in [0.25, 0.3) is 0 Å². The highest BCUT2D eigenvalue weighted by atomic mass is 16.3. The lowest BCUT2D eigenvalue weighted by molar-refractivity contribution is 0.365. The molecule has 0 amide bonds. The van der Waals surface area contributed by atoms with E-state index in [0.717, 1.165) is 18.2 Å². The summed E-state index contributed by atoms with van der Waals surface area (Å²) in [4.78, 5) is 0. The number of furan rings is 1. The van der Waals surface area contributed by atoms with E-state index in [4.69, 9.17) is 4.42 Å². The summed E-state index contributed by atoms with van der Waals surface area (Å²) in [5.41, 5.74) is 1.35. The summed E-state index contributed by atoms with van der Waals surface area (Å²) in [5.74, 6) is 1.83. The van der Waals surface area contributed by atoms with Crippen molar-refractivity contribution in [1.82, 2.24) is 5.32 Å². The smallest absolute Gasteiger partial charge is 0.101 e. The van der Waals surface area contributed by atoms with Crippen LogP contribution in [-0.4, -0.2) is 6.54 Å². The van der Waals surface area contributed by atoms with Crippen LogP contribution in [0, 0.1) is 12.8 Å². The Bertz CT molecular complexity index is 312. The summed E-state index contributed by atoms with van der Waals surface area (Å²) in [7, 11) is 0. The van der Waals surface area contributed by atoms with Crippen LogP contribution >= 0.6 is 0 Å². The Balaban J connectivity index is 2.06. The van der Waals surface area contributed by atoms with E-state index in [1.165, 1.54) is 37.7 Å². The monoisotopic (exact) mass is 221 g/mol. The number of nitrogens with one attached hydrogen (secondary N) is 1. The topological polar surface area (TPSA) is 25.2 Å². The number of aryl methyl sites for hydroxylation is 1. The van der Waals surface area contributed by atoms with Crippen LogP contribution in [0.2, 0.25) is 0 Å². The second-order valence-corrected chi connectivity index (χ2v) is 4.97. The predicted molar refractivity (Wildman–Crippen MR) is 66.4 cm³/mol. The summed E-state index contributed by atoms with van der Waals surface area (Å²) >= 11 is 0. The summed E-state index contributed by atoms with van der Waals surface area (Å²) in [6.07, 6.45) is 8.65. The van der Waals surface area contributed by atoms with Crippen molar-refractivity contribution in [3.05, 3.63) is 23.7 Å². The maximum Gasteiger partial charge on any atom is 0.101 e. The van der Waals surface area contributed by atoms with Crippen LogP contribution < -0.4 is 5.32 Å². The maximum absolute atomic E-state index is 5.45. The van der Waals surface area contributed by atoms with Gasteiger partial charge in [-0.1, -0.05) is 19.8 Å². The van der Waals surface area contributed by atoms with Gasteiger partial charge in [-0.05, 0) is 44.7 Å². The molecule has 16 heavy (non-hydrogen) atoms. The molecule has 2 nitrogen and oxygen atoms in total. The Hall–Kier alpha value is -0.760. The molecule has 90 valence electrons. The Morgan fingerprint density at radius 1 is 1.44 bits per heavy atom. The van der Waals surface area contributed by atoms with Gasteiger partial charge in [-0.15, -0.1) is 0 Å². The molecule has 0 bridgehead atoms. The first-order valence-corrected chi connectivity index (χ1v) is 6.59. The van der Waals surface area contributed by atoms with E-state index in [1.54, 1.807) is 0 Å². The molecule has 1 unspecified atom stereocenters. The first-order valence-electron chi connectivity index (χ1n) is 6.59. The van der Waals surface area contributed by atoms with Gasteiger partial charge in [0.15, 0.2) is 0 Å². The number of rotatable bonds is 5. The molecular weight excluding hydrogens is 198 g/mol. The molecule has 1 atom stereocenters. The average Bonchev–Trinajstić information content (AvgIpc) is 2.91. The zero-order valence-corrected chi connectivity index (χ0v) is 10.5. The van der Waals surface area contributed by atoms with Crippen molar-refractivity contribution < 1.29 is 4.42 Å². The van der Waals surface area contributed by atoms with Crippen molar-refractivity contribution in [2.24, 2.45) is 5.92 Å². The fourth-order valence-electron chi connectivity index (χ4n) is 2.77. The van der Waals surface area contributed by atoms with E-state index in [-0.39, 0.29) is 0 Å². The first kappa shape index (κ1) is 11.7. The minimum Gasteiger partial charge on any atom is -0.469 e. The molecule has 0 aliphatic heterocycles. The van der Waals surface area contributed by atoms with Gasteiger partial charge < -0.3 is 9.73 Å². The van der Waals surface area contributed by atoms with Crippen LogP contribution in [0.5, 0.6) is 0 Å². The molecule has 1 N–H and O–H groups in total. The van der Waals surface area contributed by atoms with Gasteiger partial charge in [0.1, 0.15) is 5.76 Å². The molecule has 0 saturated heterocycles. The molecular formula is C14H23NO. The van der Waals surface area contributed by atoms with Crippen LogP contribution in [0.3, 0.4) is 0 Å². The maximum atomic E-state index is 5.45. The third kappa shape index (κ3) is 2.67. The van der Waals surface area contributed by atoms with E-state index < -0.39 is 0 Å². The number of hydrogen-bond donors (Lipinski definition) is 1. The van der Waals surface area contributed by atoms with Gasteiger partial charge >= 0.3 is 0 Å². The van der Waals surface area contributed by atoms with Gasteiger partial charge in [-0.3, -0.25) is 0 Å². The molecule has 1 heterocycles. The molecule has 0 radical (unpaired) electrons. The third-order valence-electron chi connectivity index (χ3n) is 3.60. The highest BCUT2D eigenvalue weighted by Crippen LogP contribution is 2.36. The molecule has 1 saturated carbocycles. The van der Waals surface area contributed by atoms with Gasteiger partial charge in [0, 0.05) is 11.6 Å². The molecule has 1 aromatic heterocycles. The van der Waals surface area contributed by atoms with E-state index >= 15 is 0 Å². The molecule has 0 spiro atoms. The van der Waals surface area contributed by atoms with Gasteiger partial charge in [-0.25, -0.2) is 0 Å². The van der Waals surface area contributed by atoms with E-state index in [1.807, 2.05) is 13.2 Å². The van der Waals surface area contributed by atoms with Crippen molar-refractivity contribution in [3.63, 3.8) is 0 Å². The molecule has 1 aliphatic rings. The van der Waals surface area contributed by atoms with Crippen LogP contribution in [-0.2, 0) is 0 Å². The Morgan fingerprint density at radius 3 is 2.75 bits per heavy atom. The van der Waals surface area contributed by atoms with Crippen LogP contribution in [0.1, 0.15) is 56.4 Å². The van der Waals surface area contributed by atoms with E-state index in [0.29, 0.717) is 6.04 Å². The largest absolute Gasteiger partial charge is 0.469 e. The van der Waals surface area contributed by atoms with E-state index in [9.17, 15) is 0 Å². The Morgan fingerprint density at radius 2 is 2.19 bits per heavy atom. The van der Waals surface area contributed by atoms with Crippen LogP contribution in [0.25, 0.3) is 0 Å². The lowest BCUT2D eigenvalue weighted by Gasteiger charge is -2.23. The highest BCUT2D eigenvalue weighted by Gasteiger charge is 2.26. The van der Waals surface area contributed by atoms with Crippen LogP contribution in [0.15, 0.2) is 16.7 Å². The van der Waals surface area contributed by atoms with Crippen LogP contribution in [0.4, 0.5) is 0 Å². The van der Waals surface area contributed by atoms with Gasteiger partial charge in [-0.2, -0.15) is 0 Å². The SMILES string of the molecule is CCCNC(c1coc(C)c1)C1CCCC1. The molecule has 1 aliphatic carbocycles. The first-order chi connectivity index (χ1) is 7.81. The fourth-order valence-corrected chi connectivity index (χ4v) is 2.77. The zero-order chi connectivity index (χ0) is 11.4. The average molecular weight is 221 g/mol. The molecule has 2 rings (SSSR count). The summed E-state index contributed by atoms with van der Waals surface area (Å²) < 4.78 is 5.45. The minimum absolute atomic E-state index is 0.514. The lowest BCUT2D eigenvalue weighted by Crippen LogP contribution is -2.27. The van der Waals surface area contributed by atoms with Crippen molar-refractivity contribution in [2.75, 3.05) is 6.54 Å². The second-order valence-electron chi connectivity index (χ2n) is 4.97. The Labute approximate surface area is 98.4 Å². The number of hydrogen-bond acceptors (Lipinski definition) is 2. The van der Waals surface area contributed by atoms with Crippen molar-refractivity contribution in [3.8, 4) is 0 Å². The fraction of sp³-hybridized carbons (Fsp3) is 0.714. The quantitative estimate of drug-likeness (QED) is 0.817. The predicted octanol–water partition coefficient (Wildman–Crippen LogP) is 3.82. The van der Waals surface area contributed by atoms with E-state index in [2.05, 4.69) is 18.3 Å². The van der Waals surface area contributed by atoms with Gasteiger partial charge in [0.05, 0.1) is 6.26 Å². The summed E-state index contributed by atoms with van der Waals surface area (Å²) in [6, 6.07) is 2.70. The standard InChI is InChI=1S/C14H23NO/c1-3-8-15-14(12-6-4-5-7-12)13-9-11(2)16-10-13/h9-10,12,14-15H,3-8H2,1-2H3. The van der Waals surface area contributed by atoms with Crippen molar-refractivity contribution in [2.45, 2.75) is 52.0 Å². The summed E-state index contributed by atoms with van der Waals surface area (Å²) in [5, 5.41) is 3.68. The highest BCUT2D eigenvalue weighted by molar-refractivity contribution is 5.17. The van der Waals surface area contributed by atoms with Gasteiger partial charge in [0.2, 0.25) is 0 Å². The molecule has 2 heteroatoms. The van der Waals surface area contributed by atoms with Crippen molar-refractivity contribution >= 4 is 0 Å². The zero-order valence-electron chi connectivity index (χ0n) is 10.5. The lowest BCUT2D eigenvalue weighted by atomic mass is 9.93.